The second kappa shape index (κ2) is 9.62. The summed E-state index contributed by atoms with van der Waals surface area (Å²) in [5.74, 6) is -0.361. The fourth-order valence-corrected chi connectivity index (χ4v) is 5.92. The molecule has 3 aromatic rings. The monoisotopic (exact) mass is 488 g/mol. The van der Waals surface area contributed by atoms with E-state index in [1.807, 2.05) is 6.92 Å². The largest absolute Gasteiger partial charge is 0.350 e. The van der Waals surface area contributed by atoms with Crippen molar-refractivity contribution in [3.8, 4) is 0 Å². The number of aromatic nitrogens is 2. The Morgan fingerprint density at radius 2 is 1.94 bits per heavy atom. The molecule has 0 spiro atoms. The third kappa shape index (κ3) is 5.10. The van der Waals surface area contributed by atoms with Gasteiger partial charge in [0.2, 0.25) is 15.9 Å². The number of sulfonamides is 1. The normalized spacial score (nSPS) is 17.2. The van der Waals surface area contributed by atoms with Gasteiger partial charge in [0.1, 0.15) is 6.54 Å². The highest BCUT2D eigenvalue weighted by atomic mass is 35.5. The lowest BCUT2D eigenvalue weighted by molar-refractivity contribution is -0.121. The van der Waals surface area contributed by atoms with E-state index in [-0.39, 0.29) is 23.4 Å². The van der Waals surface area contributed by atoms with Crippen LogP contribution in [0.5, 0.6) is 0 Å². The van der Waals surface area contributed by atoms with E-state index >= 15 is 0 Å². The van der Waals surface area contributed by atoms with Crippen molar-refractivity contribution in [2.45, 2.75) is 50.2 Å². The number of carbonyl (C=O) groups excluding carboxylic acids is 1. The number of piperidine rings is 1. The molecule has 8 nitrogen and oxygen atoms in total. The van der Waals surface area contributed by atoms with Crippen LogP contribution in [-0.4, -0.2) is 40.8 Å². The van der Waals surface area contributed by atoms with Gasteiger partial charge in [0, 0.05) is 35.7 Å². The first-order chi connectivity index (χ1) is 15.8. The van der Waals surface area contributed by atoms with Crippen LogP contribution in [0.4, 0.5) is 0 Å². The molecular weight excluding hydrogens is 464 g/mol. The molecule has 33 heavy (non-hydrogen) atoms. The van der Waals surface area contributed by atoms with Gasteiger partial charge in [-0.1, -0.05) is 30.2 Å². The van der Waals surface area contributed by atoms with E-state index in [9.17, 15) is 18.0 Å². The summed E-state index contributed by atoms with van der Waals surface area (Å²) in [6.07, 6.45) is 4.03. The number of hydrogen-bond acceptors (Lipinski definition) is 5. The quantitative estimate of drug-likeness (QED) is 0.574. The standard InChI is InChI=1S/C23H25ClN4O4S/c1-16-4-2-3-11-28(16)33(31,32)20-9-10-21-18(12-20)14-26-23(30)27(21)15-22(29)25-13-17-5-7-19(24)8-6-17/h5-10,12,14,16H,2-4,11,13,15H2,1H3,(H,25,29)/t16-/m0/s1. The van der Waals surface area contributed by atoms with Crippen LogP contribution in [0.25, 0.3) is 10.9 Å². The molecule has 4 rings (SSSR count). The fraction of sp³-hybridized carbons (Fsp3) is 0.348. The Hall–Kier alpha value is -2.75. The minimum Gasteiger partial charge on any atom is -0.350 e. The molecule has 0 bridgehead atoms. The summed E-state index contributed by atoms with van der Waals surface area (Å²) in [7, 11) is -3.66. The molecule has 0 unspecified atom stereocenters. The lowest BCUT2D eigenvalue weighted by Gasteiger charge is -2.32. The van der Waals surface area contributed by atoms with Crippen molar-refractivity contribution in [2.24, 2.45) is 0 Å². The zero-order valence-corrected chi connectivity index (χ0v) is 19.8. The van der Waals surface area contributed by atoms with Crippen molar-refractivity contribution < 1.29 is 13.2 Å². The highest BCUT2D eigenvalue weighted by Crippen LogP contribution is 2.27. The zero-order chi connectivity index (χ0) is 23.6. The molecule has 1 aliphatic rings. The van der Waals surface area contributed by atoms with Crippen molar-refractivity contribution in [2.75, 3.05) is 6.54 Å². The predicted molar refractivity (Wildman–Crippen MR) is 127 cm³/mol. The predicted octanol–water partition coefficient (Wildman–Crippen LogP) is 2.93. The van der Waals surface area contributed by atoms with Gasteiger partial charge in [-0.15, -0.1) is 0 Å². The number of amides is 1. The molecular formula is C23H25ClN4O4S. The Labute approximate surface area is 197 Å². The van der Waals surface area contributed by atoms with E-state index < -0.39 is 15.7 Å². The maximum Gasteiger partial charge on any atom is 0.348 e. The first-order valence-electron chi connectivity index (χ1n) is 10.8. The second-order valence-electron chi connectivity index (χ2n) is 8.21. The summed E-state index contributed by atoms with van der Waals surface area (Å²) in [6.45, 7) is 2.47. The second-order valence-corrected chi connectivity index (χ2v) is 10.5. The van der Waals surface area contributed by atoms with Gasteiger partial charge >= 0.3 is 5.69 Å². The molecule has 174 valence electrons. The highest BCUT2D eigenvalue weighted by molar-refractivity contribution is 7.89. The summed E-state index contributed by atoms with van der Waals surface area (Å²) >= 11 is 5.87. The van der Waals surface area contributed by atoms with E-state index in [0.29, 0.717) is 29.0 Å². The van der Waals surface area contributed by atoms with Gasteiger partial charge in [0.25, 0.3) is 0 Å². The van der Waals surface area contributed by atoms with Crippen LogP contribution < -0.4 is 11.0 Å². The van der Waals surface area contributed by atoms with Crippen LogP contribution >= 0.6 is 11.6 Å². The van der Waals surface area contributed by atoms with Crippen molar-refractivity contribution in [3.63, 3.8) is 0 Å². The SMILES string of the molecule is C[C@H]1CCCCN1S(=O)(=O)c1ccc2c(cnc(=O)n2CC(=O)NCc2ccc(Cl)cc2)c1. The molecule has 1 N–H and O–H groups in total. The van der Waals surface area contributed by atoms with Gasteiger partial charge in [-0.25, -0.2) is 18.2 Å². The Morgan fingerprint density at radius 3 is 2.67 bits per heavy atom. The first kappa shape index (κ1) is 23.4. The van der Waals surface area contributed by atoms with Crippen LogP contribution in [0.2, 0.25) is 5.02 Å². The Kier molecular flexibility index (Phi) is 6.83. The molecule has 0 aliphatic carbocycles. The van der Waals surface area contributed by atoms with Gasteiger partial charge in [-0.3, -0.25) is 9.36 Å². The molecule has 2 heterocycles. The summed E-state index contributed by atoms with van der Waals surface area (Å²) in [5, 5.41) is 3.85. The fourth-order valence-electron chi connectivity index (χ4n) is 4.06. The molecule has 1 aliphatic heterocycles. The van der Waals surface area contributed by atoms with Crippen molar-refractivity contribution in [3.05, 3.63) is 69.7 Å². The van der Waals surface area contributed by atoms with Crippen LogP contribution in [0.3, 0.4) is 0 Å². The number of nitrogens with zero attached hydrogens (tertiary/aromatic N) is 3. The maximum atomic E-state index is 13.2. The van der Waals surface area contributed by atoms with E-state index in [4.69, 9.17) is 11.6 Å². The van der Waals surface area contributed by atoms with Gasteiger partial charge in [-0.05, 0) is 55.7 Å². The smallest absolute Gasteiger partial charge is 0.348 e. The lowest BCUT2D eigenvalue weighted by atomic mass is 10.1. The first-order valence-corrected chi connectivity index (χ1v) is 12.6. The van der Waals surface area contributed by atoms with Gasteiger partial charge in [-0.2, -0.15) is 4.31 Å². The third-order valence-electron chi connectivity index (χ3n) is 5.89. The Bertz CT molecular complexity index is 1340. The number of hydrogen-bond donors (Lipinski definition) is 1. The maximum absolute atomic E-state index is 13.2. The molecule has 1 aromatic heterocycles. The summed E-state index contributed by atoms with van der Waals surface area (Å²) in [4.78, 5) is 28.9. The van der Waals surface area contributed by atoms with E-state index in [0.717, 1.165) is 24.8 Å². The van der Waals surface area contributed by atoms with Gasteiger partial charge in [0.15, 0.2) is 0 Å². The van der Waals surface area contributed by atoms with E-state index in [2.05, 4.69) is 10.3 Å². The van der Waals surface area contributed by atoms with E-state index in [1.165, 1.54) is 27.2 Å². The van der Waals surface area contributed by atoms with Crippen LogP contribution in [0, 0.1) is 0 Å². The Balaban J connectivity index is 1.57. The van der Waals surface area contributed by atoms with Gasteiger partial charge < -0.3 is 5.32 Å². The molecule has 1 saturated heterocycles. The molecule has 2 aromatic carbocycles. The minimum atomic E-state index is -3.66. The van der Waals surface area contributed by atoms with Crippen molar-refractivity contribution >= 4 is 38.4 Å². The zero-order valence-electron chi connectivity index (χ0n) is 18.2. The van der Waals surface area contributed by atoms with E-state index in [1.54, 1.807) is 30.3 Å². The highest BCUT2D eigenvalue weighted by Gasteiger charge is 2.31. The molecule has 0 radical (unpaired) electrons. The average Bonchev–Trinajstić information content (AvgIpc) is 2.80. The number of carbonyl (C=O) groups is 1. The number of rotatable bonds is 6. The minimum absolute atomic E-state index is 0.0594. The number of nitrogens with one attached hydrogen (secondary N) is 1. The topological polar surface area (TPSA) is 101 Å². The number of halogens is 1. The van der Waals surface area contributed by atoms with Gasteiger partial charge in [0.05, 0.1) is 10.4 Å². The lowest BCUT2D eigenvalue weighted by Crippen LogP contribution is -2.41. The van der Waals surface area contributed by atoms with Crippen LogP contribution in [-0.2, 0) is 27.9 Å². The summed E-state index contributed by atoms with van der Waals surface area (Å²) in [5.41, 5.74) is 0.740. The number of benzene rings is 2. The summed E-state index contributed by atoms with van der Waals surface area (Å²) in [6, 6.07) is 11.6. The average molecular weight is 489 g/mol. The van der Waals surface area contributed by atoms with Crippen LogP contribution in [0.1, 0.15) is 31.7 Å². The summed E-state index contributed by atoms with van der Waals surface area (Å²) < 4.78 is 29.1. The molecule has 1 fully saturated rings. The Morgan fingerprint density at radius 1 is 1.18 bits per heavy atom. The third-order valence-corrected chi connectivity index (χ3v) is 8.15. The van der Waals surface area contributed by atoms with Crippen molar-refractivity contribution in [1.82, 2.24) is 19.2 Å². The molecule has 10 heteroatoms. The molecule has 0 saturated carbocycles. The molecule has 1 amide bonds. The number of fused-ring (bicyclic) bond motifs is 1. The molecule has 1 atom stereocenters. The van der Waals surface area contributed by atoms with Crippen LogP contribution in [0.15, 0.2) is 58.4 Å². The van der Waals surface area contributed by atoms with Crippen molar-refractivity contribution in [1.29, 1.82) is 0 Å².